The molecule has 124 valence electrons. The van der Waals surface area contributed by atoms with Gasteiger partial charge in [0.2, 0.25) is 5.91 Å². The van der Waals surface area contributed by atoms with E-state index in [1.807, 2.05) is 38.1 Å². The predicted octanol–water partition coefficient (Wildman–Crippen LogP) is 3.53. The third-order valence-electron chi connectivity index (χ3n) is 4.26. The van der Waals surface area contributed by atoms with Crippen LogP contribution in [0.4, 0.5) is 5.69 Å². The van der Waals surface area contributed by atoms with Crippen LogP contribution < -0.4 is 4.90 Å². The van der Waals surface area contributed by atoms with Crippen LogP contribution in [0.15, 0.2) is 48.5 Å². The molecule has 0 radical (unpaired) electrons. The fraction of sp³-hybridized carbons (Fsp3) is 0.263. The highest BCUT2D eigenvalue weighted by molar-refractivity contribution is 6.30. The summed E-state index contributed by atoms with van der Waals surface area (Å²) in [5, 5.41) is 0.589. The maximum atomic E-state index is 12.7. The number of piperazine rings is 1. The largest absolute Gasteiger partial charge is 0.325 e. The van der Waals surface area contributed by atoms with Crippen molar-refractivity contribution in [3.63, 3.8) is 0 Å². The number of rotatable bonds is 2. The third-order valence-corrected chi connectivity index (χ3v) is 4.50. The summed E-state index contributed by atoms with van der Waals surface area (Å²) >= 11 is 6.02. The van der Waals surface area contributed by atoms with Gasteiger partial charge in [0.25, 0.3) is 5.91 Å². The summed E-state index contributed by atoms with van der Waals surface area (Å²) in [6, 6.07) is 14.6. The van der Waals surface area contributed by atoms with E-state index >= 15 is 0 Å². The van der Waals surface area contributed by atoms with Crippen molar-refractivity contribution in [2.45, 2.75) is 19.9 Å². The Balaban J connectivity index is 1.79. The van der Waals surface area contributed by atoms with E-state index in [9.17, 15) is 9.59 Å². The lowest BCUT2D eigenvalue weighted by atomic mass is 10.1. The van der Waals surface area contributed by atoms with E-state index in [-0.39, 0.29) is 24.4 Å². The van der Waals surface area contributed by atoms with Gasteiger partial charge in [0.15, 0.2) is 0 Å². The zero-order chi connectivity index (χ0) is 17.3. The van der Waals surface area contributed by atoms with Gasteiger partial charge in [-0.25, -0.2) is 0 Å². The fourth-order valence-electron chi connectivity index (χ4n) is 2.88. The van der Waals surface area contributed by atoms with Gasteiger partial charge < -0.3 is 9.80 Å². The molecule has 4 nitrogen and oxygen atoms in total. The lowest BCUT2D eigenvalue weighted by Gasteiger charge is -2.39. The Morgan fingerprint density at radius 2 is 1.88 bits per heavy atom. The number of carbonyl (C=O) groups excluding carboxylic acids is 2. The summed E-state index contributed by atoms with van der Waals surface area (Å²) in [6.45, 7) is 4.46. The highest BCUT2D eigenvalue weighted by Gasteiger charge is 2.33. The van der Waals surface area contributed by atoms with Crippen LogP contribution in [-0.2, 0) is 4.79 Å². The minimum absolute atomic E-state index is 0.0698. The normalized spacial score (nSPS) is 18.0. The van der Waals surface area contributed by atoms with Crippen molar-refractivity contribution in [2.24, 2.45) is 0 Å². The first kappa shape index (κ1) is 16.5. The number of aryl methyl sites for hydroxylation is 1. The lowest BCUT2D eigenvalue weighted by Crippen LogP contribution is -2.57. The molecule has 0 aliphatic carbocycles. The molecule has 5 heteroatoms. The molecule has 1 atom stereocenters. The number of amides is 2. The van der Waals surface area contributed by atoms with Crippen molar-refractivity contribution in [3.8, 4) is 0 Å². The van der Waals surface area contributed by atoms with Gasteiger partial charge in [-0.1, -0.05) is 35.4 Å². The van der Waals surface area contributed by atoms with E-state index in [0.29, 0.717) is 17.1 Å². The second-order valence-electron chi connectivity index (χ2n) is 6.13. The van der Waals surface area contributed by atoms with Crippen LogP contribution in [0.5, 0.6) is 0 Å². The number of nitrogens with zero attached hydrogens (tertiary/aromatic N) is 2. The first-order valence-corrected chi connectivity index (χ1v) is 8.27. The molecular weight excluding hydrogens is 324 g/mol. The highest BCUT2D eigenvalue weighted by atomic mass is 35.5. The monoisotopic (exact) mass is 342 g/mol. The van der Waals surface area contributed by atoms with Crippen molar-refractivity contribution in [3.05, 3.63) is 64.7 Å². The Kier molecular flexibility index (Phi) is 4.58. The topological polar surface area (TPSA) is 40.6 Å². The summed E-state index contributed by atoms with van der Waals surface area (Å²) in [4.78, 5) is 28.6. The minimum atomic E-state index is -0.110. The maximum absolute atomic E-state index is 12.7. The summed E-state index contributed by atoms with van der Waals surface area (Å²) in [7, 11) is 0. The van der Waals surface area contributed by atoms with E-state index in [2.05, 4.69) is 0 Å². The molecule has 2 aromatic rings. The van der Waals surface area contributed by atoms with E-state index < -0.39 is 0 Å². The maximum Gasteiger partial charge on any atom is 0.254 e. The number of hydrogen-bond donors (Lipinski definition) is 0. The Morgan fingerprint density at radius 3 is 2.54 bits per heavy atom. The average molecular weight is 343 g/mol. The standard InChI is InChI=1S/C19H19ClN2O2/c1-13-6-8-15(9-7-13)19(24)21-12-18(23)22(11-14(21)2)17-5-3-4-16(20)10-17/h3-10,14H,11-12H2,1-2H3/t14-/m0/s1. The quantitative estimate of drug-likeness (QED) is 0.837. The Labute approximate surface area is 146 Å². The average Bonchev–Trinajstić information content (AvgIpc) is 2.56. The zero-order valence-corrected chi connectivity index (χ0v) is 14.5. The number of anilines is 1. The summed E-state index contributed by atoms with van der Waals surface area (Å²) in [5.74, 6) is -0.211. The second-order valence-corrected chi connectivity index (χ2v) is 6.57. The van der Waals surface area contributed by atoms with Gasteiger partial charge in [-0.05, 0) is 44.2 Å². The fourth-order valence-corrected chi connectivity index (χ4v) is 3.06. The molecule has 24 heavy (non-hydrogen) atoms. The summed E-state index contributed by atoms with van der Waals surface area (Å²) in [5.41, 5.74) is 2.47. The van der Waals surface area contributed by atoms with Gasteiger partial charge in [-0.2, -0.15) is 0 Å². The first-order valence-electron chi connectivity index (χ1n) is 7.89. The van der Waals surface area contributed by atoms with Crippen LogP contribution in [0.1, 0.15) is 22.8 Å². The number of benzene rings is 2. The predicted molar refractivity (Wildman–Crippen MR) is 95.5 cm³/mol. The number of carbonyl (C=O) groups is 2. The molecule has 1 heterocycles. The molecule has 2 aromatic carbocycles. The van der Waals surface area contributed by atoms with E-state index in [1.54, 1.807) is 34.1 Å². The van der Waals surface area contributed by atoms with Gasteiger partial charge >= 0.3 is 0 Å². The van der Waals surface area contributed by atoms with Crippen molar-refractivity contribution in [1.82, 2.24) is 4.90 Å². The molecule has 0 aromatic heterocycles. The van der Waals surface area contributed by atoms with Crippen LogP contribution in [0.3, 0.4) is 0 Å². The molecule has 0 bridgehead atoms. The van der Waals surface area contributed by atoms with Gasteiger partial charge in [0.1, 0.15) is 6.54 Å². The molecule has 1 aliphatic heterocycles. The summed E-state index contributed by atoms with van der Waals surface area (Å²) < 4.78 is 0. The van der Waals surface area contributed by atoms with E-state index in [1.165, 1.54) is 0 Å². The van der Waals surface area contributed by atoms with Gasteiger partial charge in [-0.15, -0.1) is 0 Å². The van der Waals surface area contributed by atoms with E-state index in [4.69, 9.17) is 11.6 Å². The van der Waals surface area contributed by atoms with Crippen molar-refractivity contribution in [1.29, 1.82) is 0 Å². The third kappa shape index (κ3) is 3.29. The molecule has 0 unspecified atom stereocenters. The second kappa shape index (κ2) is 6.65. The molecule has 2 amide bonds. The smallest absolute Gasteiger partial charge is 0.254 e. The van der Waals surface area contributed by atoms with Crippen molar-refractivity contribution < 1.29 is 9.59 Å². The minimum Gasteiger partial charge on any atom is -0.325 e. The Morgan fingerprint density at radius 1 is 1.17 bits per heavy atom. The van der Waals surface area contributed by atoms with Crippen molar-refractivity contribution in [2.75, 3.05) is 18.0 Å². The van der Waals surface area contributed by atoms with E-state index in [0.717, 1.165) is 11.3 Å². The number of hydrogen-bond acceptors (Lipinski definition) is 2. The molecule has 1 fully saturated rings. The van der Waals surface area contributed by atoms with Crippen LogP contribution in [-0.4, -0.2) is 35.8 Å². The van der Waals surface area contributed by atoms with Gasteiger partial charge in [-0.3, -0.25) is 9.59 Å². The van der Waals surface area contributed by atoms with Crippen LogP contribution in [0.25, 0.3) is 0 Å². The van der Waals surface area contributed by atoms with Crippen LogP contribution in [0, 0.1) is 6.92 Å². The number of halogens is 1. The van der Waals surface area contributed by atoms with Crippen molar-refractivity contribution >= 4 is 29.1 Å². The molecule has 0 N–H and O–H groups in total. The highest BCUT2D eigenvalue weighted by Crippen LogP contribution is 2.24. The summed E-state index contributed by atoms with van der Waals surface area (Å²) in [6.07, 6.45) is 0. The lowest BCUT2D eigenvalue weighted by molar-refractivity contribution is -0.121. The first-order chi connectivity index (χ1) is 11.5. The zero-order valence-electron chi connectivity index (χ0n) is 13.7. The molecule has 1 saturated heterocycles. The molecule has 3 rings (SSSR count). The SMILES string of the molecule is Cc1ccc(C(=O)N2CC(=O)N(c3cccc(Cl)c3)C[C@@H]2C)cc1. The molecule has 1 aliphatic rings. The van der Waals surface area contributed by atoms with Gasteiger partial charge in [0.05, 0.1) is 0 Å². The van der Waals surface area contributed by atoms with Crippen LogP contribution in [0.2, 0.25) is 5.02 Å². The Hall–Kier alpha value is -2.33. The van der Waals surface area contributed by atoms with Gasteiger partial charge in [0, 0.05) is 28.9 Å². The molecule has 0 saturated carbocycles. The van der Waals surface area contributed by atoms with Crippen LogP contribution >= 0.6 is 11.6 Å². The Bertz CT molecular complexity index is 773. The molecule has 0 spiro atoms. The molecular formula is C19H19ClN2O2.